The summed E-state index contributed by atoms with van der Waals surface area (Å²) in [5.41, 5.74) is 1.30. The van der Waals surface area contributed by atoms with Gasteiger partial charge >= 0.3 is 0 Å². The topological polar surface area (TPSA) is 70.6 Å². The number of benzene rings is 2. The number of hydrogen-bond donors (Lipinski definition) is 3. The van der Waals surface area contributed by atoms with Crippen LogP contribution >= 0.6 is 12.4 Å². The Balaban J connectivity index is 0.00000312. The zero-order valence-electron chi connectivity index (χ0n) is 14.4. The van der Waals surface area contributed by atoms with Crippen LogP contribution in [0.15, 0.2) is 54.6 Å². The first-order valence-electron chi connectivity index (χ1n) is 8.05. The summed E-state index contributed by atoms with van der Waals surface area (Å²) >= 11 is 0. The van der Waals surface area contributed by atoms with Gasteiger partial charge in [0.05, 0.1) is 0 Å². The Morgan fingerprint density at radius 2 is 1.72 bits per heavy atom. The van der Waals surface area contributed by atoms with Crippen LogP contribution in [0.2, 0.25) is 0 Å². The number of anilines is 1. The Hall–Kier alpha value is -2.08. The minimum absolute atomic E-state index is 0. The molecule has 0 aliphatic rings. The Morgan fingerprint density at radius 1 is 1.08 bits per heavy atom. The van der Waals surface area contributed by atoms with Crippen LogP contribution in [0.4, 0.5) is 5.69 Å². The largest absolute Gasteiger partial charge is 0.491 e. The molecule has 0 saturated heterocycles. The molecule has 136 valence electrons. The van der Waals surface area contributed by atoms with Gasteiger partial charge < -0.3 is 20.5 Å². The molecule has 1 amide bonds. The smallest absolute Gasteiger partial charge is 0.255 e. The number of carbonyl (C=O) groups excluding carboxylic acids is 1. The van der Waals surface area contributed by atoms with Crippen LogP contribution in [0.3, 0.4) is 0 Å². The lowest BCUT2D eigenvalue weighted by molar-refractivity contribution is 0.102. The second-order valence-corrected chi connectivity index (χ2v) is 5.87. The van der Waals surface area contributed by atoms with Crippen LogP contribution in [0.5, 0.6) is 5.75 Å². The predicted molar refractivity (Wildman–Crippen MR) is 103 cm³/mol. The van der Waals surface area contributed by atoms with Crippen LogP contribution < -0.4 is 15.4 Å². The molecular weight excluding hydrogens is 340 g/mol. The van der Waals surface area contributed by atoms with Gasteiger partial charge in [-0.15, -0.1) is 12.4 Å². The summed E-state index contributed by atoms with van der Waals surface area (Å²) in [5, 5.41) is 15.8. The van der Waals surface area contributed by atoms with E-state index >= 15 is 0 Å². The lowest BCUT2D eigenvalue weighted by Crippen LogP contribution is -2.35. The van der Waals surface area contributed by atoms with Crippen molar-refractivity contribution >= 4 is 24.0 Å². The number of nitrogens with one attached hydrogen (secondary N) is 2. The van der Waals surface area contributed by atoms with Crippen molar-refractivity contribution in [1.29, 1.82) is 0 Å². The van der Waals surface area contributed by atoms with Crippen molar-refractivity contribution in [3.05, 3.63) is 60.2 Å². The molecule has 0 heterocycles. The first-order chi connectivity index (χ1) is 11.5. The fraction of sp³-hybridized carbons (Fsp3) is 0.316. The molecule has 1 unspecified atom stereocenters. The van der Waals surface area contributed by atoms with Gasteiger partial charge in [0.1, 0.15) is 18.5 Å². The third kappa shape index (κ3) is 7.56. The molecule has 0 saturated carbocycles. The Kier molecular flexibility index (Phi) is 8.99. The number of halogens is 1. The predicted octanol–water partition coefficient (Wildman–Crippen LogP) is 3.10. The van der Waals surface area contributed by atoms with Crippen LogP contribution in [0, 0.1) is 0 Å². The average molecular weight is 365 g/mol. The molecule has 5 nitrogen and oxygen atoms in total. The fourth-order valence-electron chi connectivity index (χ4n) is 2.05. The van der Waals surface area contributed by atoms with E-state index in [2.05, 4.69) is 10.6 Å². The zero-order valence-corrected chi connectivity index (χ0v) is 15.3. The number of ether oxygens (including phenoxy) is 1. The van der Waals surface area contributed by atoms with Gasteiger partial charge in [0.2, 0.25) is 0 Å². The molecule has 2 aromatic carbocycles. The lowest BCUT2D eigenvalue weighted by Gasteiger charge is -2.15. The quantitative estimate of drug-likeness (QED) is 0.673. The van der Waals surface area contributed by atoms with Gasteiger partial charge in [-0.3, -0.25) is 4.79 Å². The highest BCUT2D eigenvalue weighted by molar-refractivity contribution is 6.04. The second kappa shape index (κ2) is 10.7. The van der Waals surface area contributed by atoms with Crippen molar-refractivity contribution < 1.29 is 14.6 Å². The van der Waals surface area contributed by atoms with Gasteiger partial charge in [0.25, 0.3) is 5.91 Å². The number of hydrogen-bond acceptors (Lipinski definition) is 4. The first kappa shape index (κ1) is 21.0. The van der Waals surface area contributed by atoms with Crippen LogP contribution in [-0.4, -0.2) is 36.3 Å². The van der Waals surface area contributed by atoms with Gasteiger partial charge in [-0.05, 0) is 36.4 Å². The van der Waals surface area contributed by atoms with E-state index in [1.807, 2.05) is 32.0 Å². The first-order valence-corrected chi connectivity index (χ1v) is 8.05. The molecule has 3 N–H and O–H groups in total. The summed E-state index contributed by atoms with van der Waals surface area (Å²) in [6.07, 6.45) is -0.565. The molecule has 0 aliphatic carbocycles. The molecular formula is C19H25ClN2O3. The van der Waals surface area contributed by atoms with Crippen molar-refractivity contribution in [1.82, 2.24) is 5.32 Å². The van der Waals surface area contributed by atoms with Gasteiger partial charge in [0, 0.05) is 23.8 Å². The highest BCUT2D eigenvalue weighted by Crippen LogP contribution is 2.16. The molecule has 2 aromatic rings. The van der Waals surface area contributed by atoms with E-state index in [0.29, 0.717) is 29.6 Å². The molecule has 2 rings (SSSR count). The number of aliphatic hydroxyl groups is 1. The highest BCUT2D eigenvalue weighted by Gasteiger charge is 2.07. The van der Waals surface area contributed by atoms with Gasteiger partial charge in [-0.25, -0.2) is 0 Å². The standard InChI is InChI=1S/C19H24N2O3.ClH/c1-14(2)20-12-17(22)13-24-18-10-8-16(9-11-18)21-19(23)15-6-4-3-5-7-15;/h3-11,14,17,20,22H,12-13H2,1-2H3,(H,21,23);1H. The molecule has 0 fully saturated rings. The highest BCUT2D eigenvalue weighted by atomic mass is 35.5. The maximum atomic E-state index is 12.1. The van der Waals surface area contributed by atoms with Crippen molar-refractivity contribution in [3.63, 3.8) is 0 Å². The van der Waals surface area contributed by atoms with E-state index in [1.54, 1.807) is 36.4 Å². The Labute approximate surface area is 154 Å². The van der Waals surface area contributed by atoms with Crippen LogP contribution in [0.25, 0.3) is 0 Å². The SMILES string of the molecule is CC(C)NCC(O)COc1ccc(NC(=O)c2ccccc2)cc1.Cl. The number of amides is 1. The third-order valence-corrected chi connectivity index (χ3v) is 3.35. The summed E-state index contributed by atoms with van der Waals surface area (Å²) in [7, 11) is 0. The fourth-order valence-corrected chi connectivity index (χ4v) is 2.05. The maximum absolute atomic E-state index is 12.1. The van der Waals surface area contributed by atoms with Crippen molar-refractivity contribution in [2.24, 2.45) is 0 Å². The van der Waals surface area contributed by atoms with Crippen molar-refractivity contribution in [2.45, 2.75) is 26.0 Å². The number of aliphatic hydroxyl groups excluding tert-OH is 1. The summed E-state index contributed by atoms with van der Waals surface area (Å²) in [6.45, 7) is 4.75. The molecule has 0 aliphatic heterocycles. The Morgan fingerprint density at radius 3 is 2.32 bits per heavy atom. The van der Waals surface area contributed by atoms with E-state index in [9.17, 15) is 9.90 Å². The van der Waals surface area contributed by atoms with Crippen LogP contribution in [-0.2, 0) is 0 Å². The summed E-state index contributed by atoms with van der Waals surface area (Å²) in [5.74, 6) is 0.496. The minimum atomic E-state index is -0.565. The monoisotopic (exact) mass is 364 g/mol. The third-order valence-electron chi connectivity index (χ3n) is 3.35. The number of rotatable bonds is 8. The molecule has 0 spiro atoms. The van der Waals surface area contributed by atoms with E-state index in [-0.39, 0.29) is 24.9 Å². The maximum Gasteiger partial charge on any atom is 0.255 e. The second-order valence-electron chi connectivity index (χ2n) is 5.87. The van der Waals surface area contributed by atoms with E-state index in [0.717, 1.165) is 0 Å². The lowest BCUT2D eigenvalue weighted by atomic mass is 10.2. The normalized spacial score (nSPS) is 11.5. The van der Waals surface area contributed by atoms with E-state index in [4.69, 9.17) is 4.74 Å². The molecule has 25 heavy (non-hydrogen) atoms. The Bertz CT molecular complexity index is 633. The zero-order chi connectivity index (χ0) is 17.4. The average Bonchev–Trinajstić information content (AvgIpc) is 2.60. The van der Waals surface area contributed by atoms with Gasteiger partial charge in [-0.1, -0.05) is 32.0 Å². The molecule has 0 radical (unpaired) electrons. The van der Waals surface area contributed by atoms with Gasteiger partial charge in [0.15, 0.2) is 0 Å². The van der Waals surface area contributed by atoms with Crippen LogP contribution in [0.1, 0.15) is 24.2 Å². The van der Waals surface area contributed by atoms with E-state index in [1.165, 1.54) is 0 Å². The molecule has 0 bridgehead atoms. The van der Waals surface area contributed by atoms with E-state index < -0.39 is 6.10 Å². The van der Waals surface area contributed by atoms with Gasteiger partial charge in [-0.2, -0.15) is 0 Å². The summed E-state index contributed by atoms with van der Waals surface area (Å²) in [6, 6.07) is 16.5. The van der Waals surface area contributed by atoms with Crippen molar-refractivity contribution in [2.75, 3.05) is 18.5 Å². The van der Waals surface area contributed by atoms with Crippen molar-refractivity contribution in [3.8, 4) is 5.75 Å². The molecule has 6 heteroatoms. The molecule has 1 atom stereocenters. The minimum Gasteiger partial charge on any atom is -0.491 e. The molecule has 0 aromatic heterocycles. The summed E-state index contributed by atoms with van der Waals surface area (Å²) in [4.78, 5) is 12.1. The number of carbonyl (C=O) groups is 1. The summed E-state index contributed by atoms with van der Waals surface area (Å²) < 4.78 is 5.54.